The van der Waals surface area contributed by atoms with E-state index in [2.05, 4.69) is 0 Å². The van der Waals surface area contributed by atoms with Gasteiger partial charge in [-0.3, -0.25) is 19.3 Å². The lowest BCUT2D eigenvalue weighted by molar-refractivity contribution is -0.146. The summed E-state index contributed by atoms with van der Waals surface area (Å²) in [6.07, 6.45) is 3.50. The van der Waals surface area contributed by atoms with E-state index in [1.807, 2.05) is 0 Å². The summed E-state index contributed by atoms with van der Waals surface area (Å²) in [5.41, 5.74) is 0. The van der Waals surface area contributed by atoms with Gasteiger partial charge in [-0.15, -0.1) is 11.8 Å². The van der Waals surface area contributed by atoms with Crippen LogP contribution in [0.4, 0.5) is 0 Å². The summed E-state index contributed by atoms with van der Waals surface area (Å²) in [6, 6.07) is -0.373. The Hall–Kier alpha value is -1.30. The predicted octanol–water partition coefficient (Wildman–Crippen LogP) is 0.118. The third-order valence-electron chi connectivity index (χ3n) is 2.70. The van der Waals surface area contributed by atoms with E-state index in [1.165, 1.54) is 16.7 Å². The molecule has 2 rings (SSSR count). The summed E-state index contributed by atoms with van der Waals surface area (Å²) in [5.74, 6) is -1.34. The average Bonchev–Trinajstić information content (AvgIpc) is 2.66. The molecule has 2 aliphatic rings. The second-order valence-electron chi connectivity index (χ2n) is 3.78. The van der Waals surface area contributed by atoms with Crippen molar-refractivity contribution in [3.8, 4) is 0 Å². The second-order valence-corrected chi connectivity index (χ2v) is 4.77. The minimum atomic E-state index is -0.912. The fraction of sp³-hybridized carbons (Fsp3) is 0.500. The van der Waals surface area contributed by atoms with E-state index in [-0.39, 0.29) is 17.9 Å². The molecule has 16 heavy (non-hydrogen) atoms. The van der Waals surface area contributed by atoms with E-state index in [0.29, 0.717) is 17.9 Å². The van der Waals surface area contributed by atoms with E-state index in [9.17, 15) is 14.4 Å². The van der Waals surface area contributed by atoms with Crippen LogP contribution in [0.1, 0.15) is 6.42 Å². The largest absolute Gasteiger partial charge is 0.481 e. The fourth-order valence-electron chi connectivity index (χ4n) is 1.93. The lowest BCUT2D eigenvalue weighted by Crippen LogP contribution is -2.48. The number of nitrogens with zero attached hydrogens (tertiary/aromatic N) is 1. The molecule has 0 radical (unpaired) electrons. The van der Waals surface area contributed by atoms with Gasteiger partial charge in [0.1, 0.15) is 0 Å². The minimum Gasteiger partial charge on any atom is -0.481 e. The Kier molecular flexibility index (Phi) is 3.00. The van der Waals surface area contributed by atoms with Gasteiger partial charge in [0, 0.05) is 0 Å². The summed E-state index contributed by atoms with van der Waals surface area (Å²) >= 11 is 1.30. The Morgan fingerprint density at radius 1 is 1.31 bits per heavy atom. The average molecular weight is 241 g/mol. The fourth-order valence-corrected chi connectivity index (χ4v) is 2.66. The first-order valence-corrected chi connectivity index (χ1v) is 6.09. The number of thioether (sulfide) groups is 1. The summed E-state index contributed by atoms with van der Waals surface area (Å²) < 4.78 is 0. The number of imide groups is 1. The van der Waals surface area contributed by atoms with Crippen LogP contribution in [0.15, 0.2) is 12.2 Å². The van der Waals surface area contributed by atoms with Crippen LogP contribution in [0.3, 0.4) is 0 Å². The van der Waals surface area contributed by atoms with Crippen molar-refractivity contribution in [3.63, 3.8) is 0 Å². The molecule has 86 valence electrons. The van der Waals surface area contributed by atoms with Gasteiger partial charge in [0.05, 0.1) is 23.5 Å². The van der Waals surface area contributed by atoms with Gasteiger partial charge in [-0.2, -0.15) is 0 Å². The Bertz CT molecular complexity index is 363. The highest BCUT2D eigenvalue weighted by atomic mass is 32.2. The van der Waals surface area contributed by atoms with Crippen molar-refractivity contribution in [2.75, 3.05) is 11.5 Å². The van der Waals surface area contributed by atoms with Gasteiger partial charge in [0.2, 0.25) is 11.8 Å². The van der Waals surface area contributed by atoms with E-state index < -0.39 is 11.9 Å². The van der Waals surface area contributed by atoms with Crippen LogP contribution in [-0.4, -0.2) is 45.3 Å². The minimum absolute atomic E-state index is 0.220. The molecule has 1 saturated heterocycles. The first kappa shape index (κ1) is 11.2. The zero-order valence-electron chi connectivity index (χ0n) is 8.46. The highest BCUT2D eigenvalue weighted by Gasteiger charge is 2.36. The molecular formula is C10H11NO4S. The Morgan fingerprint density at radius 3 is 2.44 bits per heavy atom. The van der Waals surface area contributed by atoms with E-state index in [1.54, 1.807) is 12.2 Å². The molecule has 2 unspecified atom stereocenters. The number of carbonyl (C=O) groups is 3. The molecule has 1 heterocycles. The molecule has 2 atom stereocenters. The molecule has 5 nitrogen and oxygen atoms in total. The number of amides is 2. The first-order chi connectivity index (χ1) is 7.59. The smallest absolute Gasteiger partial charge is 0.310 e. The molecule has 0 aromatic heterocycles. The zero-order valence-corrected chi connectivity index (χ0v) is 9.27. The summed E-state index contributed by atoms with van der Waals surface area (Å²) in [4.78, 5) is 35.1. The topological polar surface area (TPSA) is 74.7 Å². The van der Waals surface area contributed by atoms with Crippen LogP contribution in [0, 0.1) is 5.92 Å². The van der Waals surface area contributed by atoms with E-state index in [4.69, 9.17) is 5.11 Å². The van der Waals surface area contributed by atoms with Crippen molar-refractivity contribution >= 4 is 29.5 Å². The molecule has 0 bridgehead atoms. The van der Waals surface area contributed by atoms with Crippen LogP contribution >= 0.6 is 11.8 Å². The maximum atomic E-state index is 11.6. The van der Waals surface area contributed by atoms with Crippen molar-refractivity contribution in [1.29, 1.82) is 0 Å². The maximum absolute atomic E-state index is 11.6. The normalized spacial score (nSPS) is 29.9. The molecule has 0 aromatic rings. The lowest BCUT2D eigenvalue weighted by Gasteiger charge is -2.29. The van der Waals surface area contributed by atoms with Crippen molar-refractivity contribution in [2.24, 2.45) is 5.92 Å². The summed E-state index contributed by atoms with van der Waals surface area (Å²) in [7, 11) is 0. The zero-order chi connectivity index (χ0) is 11.7. The Morgan fingerprint density at radius 2 is 1.94 bits per heavy atom. The van der Waals surface area contributed by atoms with Crippen molar-refractivity contribution in [1.82, 2.24) is 4.90 Å². The standard InChI is InChI=1S/C10H11NO4S/c12-8-4-16-5-9(13)11(8)7-2-1-6(3-7)10(14)15/h1-2,6-7H,3-5H2,(H,14,15). The quantitative estimate of drug-likeness (QED) is 0.549. The molecule has 1 aliphatic carbocycles. The molecule has 0 saturated carbocycles. The molecule has 1 aliphatic heterocycles. The molecule has 6 heteroatoms. The third kappa shape index (κ3) is 1.97. The number of carboxylic acid groups (broad SMARTS) is 1. The first-order valence-electron chi connectivity index (χ1n) is 4.93. The van der Waals surface area contributed by atoms with Gasteiger partial charge < -0.3 is 5.11 Å². The van der Waals surface area contributed by atoms with Gasteiger partial charge in [-0.1, -0.05) is 12.2 Å². The van der Waals surface area contributed by atoms with Gasteiger partial charge in [0.25, 0.3) is 0 Å². The van der Waals surface area contributed by atoms with Crippen LogP contribution in [-0.2, 0) is 14.4 Å². The Labute approximate surface area is 96.5 Å². The monoisotopic (exact) mass is 241 g/mol. The second kappa shape index (κ2) is 4.29. The predicted molar refractivity (Wildman–Crippen MR) is 57.8 cm³/mol. The summed E-state index contributed by atoms with van der Waals surface area (Å²) in [6.45, 7) is 0. The van der Waals surface area contributed by atoms with Crippen LogP contribution in [0.5, 0.6) is 0 Å². The Balaban J connectivity index is 2.09. The number of carboxylic acids is 1. The number of hydrogen-bond donors (Lipinski definition) is 1. The van der Waals surface area contributed by atoms with Gasteiger partial charge >= 0.3 is 5.97 Å². The van der Waals surface area contributed by atoms with Crippen molar-refractivity contribution in [3.05, 3.63) is 12.2 Å². The summed E-state index contributed by atoms with van der Waals surface area (Å²) in [5, 5.41) is 8.82. The van der Waals surface area contributed by atoms with Gasteiger partial charge in [0.15, 0.2) is 0 Å². The van der Waals surface area contributed by atoms with Crippen molar-refractivity contribution in [2.45, 2.75) is 12.5 Å². The van der Waals surface area contributed by atoms with E-state index in [0.717, 1.165) is 0 Å². The molecular weight excluding hydrogens is 230 g/mol. The van der Waals surface area contributed by atoms with Crippen molar-refractivity contribution < 1.29 is 19.5 Å². The number of hydrogen-bond acceptors (Lipinski definition) is 4. The number of aliphatic carboxylic acids is 1. The lowest BCUT2D eigenvalue weighted by atomic mass is 10.1. The van der Waals surface area contributed by atoms with Crippen LogP contribution in [0.25, 0.3) is 0 Å². The van der Waals surface area contributed by atoms with Crippen LogP contribution in [0.2, 0.25) is 0 Å². The third-order valence-corrected chi connectivity index (χ3v) is 3.60. The highest BCUT2D eigenvalue weighted by Crippen LogP contribution is 2.26. The van der Waals surface area contributed by atoms with Crippen LogP contribution < -0.4 is 0 Å². The SMILES string of the molecule is O=C(O)C1C=CC(N2C(=O)CSCC2=O)C1. The van der Waals surface area contributed by atoms with Gasteiger partial charge in [-0.25, -0.2) is 0 Å². The molecule has 0 aromatic carbocycles. The molecule has 0 spiro atoms. The molecule has 1 N–H and O–H groups in total. The number of carbonyl (C=O) groups excluding carboxylic acids is 2. The van der Waals surface area contributed by atoms with E-state index >= 15 is 0 Å². The maximum Gasteiger partial charge on any atom is 0.310 e. The highest BCUT2D eigenvalue weighted by molar-refractivity contribution is 8.00. The molecule has 1 fully saturated rings. The number of rotatable bonds is 2. The molecule has 2 amide bonds. The van der Waals surface area contributed by atoms with Gasteiger partial charge in [-0.05, 0) is 6.42 Å².